The molecule has 1 unspecified atom stereocenters. The summed E-state index contributed by atoms with van der Waals surface area (Å²) in [4.78, 5) is 23.3. The Morgan fingerprint density at radius 2 is 2.08 bits per heavy atom. The molecule has 0 saturated carbocycles. The maximum Gasteiger partial charge on any atom is 0.251 e. The first kappa shape index (κ1) is 20.1. The van der Waals surface area contributed by atoms with Crippen LogP contribution in [0.3, 0.4) is 0 Å². The van der Waals surface area contributed by atoms with Crippen molar-refractivity contribution in [3.8, 4) is 0 Å². The summed E-state index contributed by atoms with van der Waals surface area (Å²) in [6, 6.07) is 9.61. The van der Waals surface area contributed by atoms with Crippen LogP contribution in [0.5, 0.6) is 0 Å². The number of carbonyl (C=O) groups excluding carboxylic acids is 1. The molecule has 7 heteroatoms. The summed E-state index contributed by atoms with van der Waals surface area (Å²) in [7, 11) is 0. The van der Waals surface area contributed by atoms with Gasteiger partial charge in [0.1, 0.15) is 12.1 Å². The van der Waals surface area contributed by atoms with E-state index in [1.54, 1.807) is 6.33 Å². The highest BCUT2D eigenvalue weighted by atomic mass is 35.5. The number of aryl methyl sites for hydroxylation is 1. The third-order valence-corrected chi connectivity index (χ3v) is 4.60. The van der Waals surface area contributed by atoms with Crippen LogP contribution in [0.2, 0.25) is 0 Å². The Bertz CT molecular complexity index is 722. The summed E-state index contributed by atoms with van der Waals surface area (Å²) in [6.45, 7) is 4.30. The molecule has 0 radical (unpaired) electrons. The standard InChI is InChI=1S/C19H25N5O.ClH/c1-2-16-10-18(22-13-21-16)24-9-3-4-17(12-24)23-19(25)15-7-5-14(11-20)6-8-15;/h5-8,10,13,17H,2-4,9,11-12,20H2,1H3,(H,23,25);1H. The van der Waals surface area contributed by atoms with Crippen molar-refractivity contribution in [1.29, 1.82) is 0 Å². The Labute approximate surface area is 160 Å². The lowest BCUT2D eigenvalue weighted by molar-refractivity contribution is 0.0933. The number of nitrogens with two attached hydrogens (primary N) is 1. The highest BCUT2D eigenvalue weighted by molar-refractivity contribution is 5.94. The number of hydrogen-bond acceptors (Lipinski definition) is 5. The van der Waals surface area contributed by atoms with Crippen LogP contribution in [0.25, 0.3) is 0 Å². The van der Waals surface area contributed by atoms with Crippen molar-refractivity contribution in [2.24, 2.45) is 5.73 Å². The molecule has 1 atom stereocenters. The number of halogens is 1. The fourth-order valence-electron chi connectivity index (χ4n) is 3.12. The molecule has 2 aromatic rings. The smallest absolute Gasteiger partial charge is 0.251 e. The Hall–Kier alpha value is -2.18. The lowest BCUT2D eigenvalue weighted by Crippen LogP contribution is -2.48. The molecule has 3 rings (SSSR count). The second-order valence-corrected chi connectivity index (χ2v) is 6.38. The van der Waals surface area contributed by atoms with Gasteiger partial charge in [0.25, 0.3) is 5.91 Å². The minimum absolute atomic E-state index is 0. The molecule has 0 aliphatic carbocycles. The van der Waals surface area contributed by atoms with E-state index in [2.05, 4.69) is 27.1 Å². The first-order valence-electron chi connectivity index (χ1n) is 8.85. The van der Waals surface area contributed by atoms with Crippen LogP contribution in [0.15, 0.2) is 36.7 Å². The molecule has 26 heavy (non-hydrogen) atoms. The van der Waals surface area contributed by atoms with E-state index in [0.29, 0.717) is 12.1 Å². The van der Waals surface area contributed by atoms with E-state index in [-0.39, 0.29) is 24.4 Å². The molecule has 2 heterocycles. The van der Waals surface area contributed by atoms with Crippen LogP contribution in [0.4, 0.5) is 5.82 Å². The molecular weight excluding hydrogens is 350 g/mol. The average Bonchev–Trinajstić information content (AvgIpc) is 2.68. The number of benzene rings is 1. The van der Waals surface area contributed by atoms with Crippen molar-refractivity contribution >= 4 is 24.1 Å². The first-order valence-corrected chi connectivity index (χ1v) is 8.85. The third-order valence-electron chi connectivity index (χ3n) is 4.60. The van der Waals surface area contributed by atoms with E-state index in [9.17, 15) is 4.79 Å². The SMILES string of the molecule is CCc1cc(N2CCCC(NC(=O)c3ccc(CN)cc3)C2)ncn1.Cl. The van der Waals surface area contributed by atoms with Crippen molar-refractivity contribution in [3.63, 3.8) is 0 Å². The van der Waals surface area contributed by atoms with Crippen molar-refractivity contribution < 1.29 is 4.79 Å². The van der Waals surface area contributed by atoms with Gasteiger partial charge >= 0.3 is 0 Å². The minimum atomic E-state index is -0.0349. The highest BCUT2D eigenvalue weighted by Gasteiger charge is 2.23. The van der Waals surface area contributed by atoms with Gasteiger partial charge in [-0.05, 0) is 37.0 Å². The zero-order chi connectivity index (χ0) is 17.6. The number of rotatable bonds is 5. The molecule has 140 valence electrons. The monoisotopic (exact) mass is 375 g/mol. The van der Waals surface area contributed by atoms with Crippen LogP contribution >= 0.6 is 12.4 Å². The van der Waals surface area contributed by atoms with Crippen molar-refractivity contribution in [3.05, 3.63) is 53.5 Å². The summed E-state index contributed by atoms with van der Waals surface area (Å²) < 4.78 is 0. The molecule has 1 amide bonds. The number of amides is 1. The molecule has 0 spiro atoms. The summed E-state index contributed by atoms with van der Waals surface area (Å²) in [5.41, 5.74) is 8.33. The number of aromatic nitrogens is 2. The number of anilines is 1. The lowest BCUT2D eigenvalue weighted by atomic mass is 10.0. The van der Waals surface area contributed by atoms with E-state index in [0.717, 1.165) is 49.4 Å². The predicted molar refractivity (Wildman–Crippen MR) is 106 cm³/mol. The number of carbonyl (C=O) groups is 1. The number of piperidine rings is 1. The van der Waals surface area contributed by atoms with Gasteiger partial charge in [0.15, 0.2) is 0 Å². The van der Waals surface area contributed by atoms with Gasteiger partial charge in [0.2, 0.25) is 0 Å². The highest BCUT2D eigenvalue weighted by Crippen LogP contribution is 2.18. The van der Waals surface area contributed by atoms with Crippen molar-refractivity contribution in [2.75, 3.05) is 18.0 Å². The molecule has 6 nitrogen and oxygen atoms in total. The zero-order valence-corrected chi connectivity index (χ0v) is 15.8. The van der Waals surface area contributed by atoms with Gasteiger partial charge in [-0.1, -0.05) is 19.1 Å². The molecule has 1 aliphatic heterocycles. The summed E-state index contributed by atoms with van der Waals surface area (Å²) in [5.74, 6) is 0.908. The Morgan fingerprint density at radius 1 is 1.31 bits per heavy atom. The van der Waals surface area contributed by atoms with Gasteiger partial charge in [0.05, 0.1) is 0 Å². The largest absolute Gasteiger partial charge is 0.354 e. The van der Waals surface area contributed by atoms with Crippen molar-refractivity contribution in [2.45, 2.75) is 38.8 Å². The van der Waals surface area contributed by atoms with E-state index in [1.807, 2.05) is 30.3 Å². The summed E-state index contributed by atoms with van der Waals surface area (Å²) >= 11 is 0. The van der Waals surface area contributed by atoms with Gasteiger partial charge in [-0.3, -0.25) is 4.79 Å². The molecule has 3 N–H and O–H groups in total. The zero-order valence-electron chi connectivity index (χ0n) is 15.0. The molecule has 0 bridgehead atoms. The van der Waals surface area contributed by atoms with Crippen LogP contribution in [0.1, 0.15) is 41.4 Å². The molecule has 1 aromatic heterocycles. The topological polar surface area (TPSA) is 84.1 Å². The first-order chi connectivity index (χ1) is 12.2. The van der Waals surface area contributed by atoms with Gasteiger partial charge in [0, 0.05) is 43.0 Å². The Morgan fingerprint density at radius 3 is 2.77 bits per heavy atom. The van der Waals surface area contributed by atoms with E-state index in [4.69, 9.17) is 5.73 Å². The number of nitrogens with one attached hydrogen (secondary N) is 1. The molecule has 1 saturated heterocycles. The van der Waals surface area contributed by atoms with E-state index < -0.39 is 0 Å². The maximum atomic E-state index is 12.5. The van der Waals surface area contributed by atoms with Crippen LogP contribution < -0.4 is 16.0 Å². The fourth-order valence-corrected chi connectivity index (χ4v) is 3.12. The van der Waals surface area contributed by atoms with E-state index >= 15 is 0 Å². The minimum Gasteiger partial charge on any atom is -0.354 e. The van der Waals surface area contributed by atoms with Gasteiger partial charge in [-0.15, -0.1) is 12.4 Å². The van der Waals surface area contributed by atoms with Crippen molar-refractivity contribution in [1.82, 2.24) is 15.3 Å². The molecule has 1 fully saturated rings. The fraction of sp³-hybridized carbons (Fsp3) is 0.421. The second kappa shape index (κ2) is 9.50. The van der Waals surface area contributed by atoms with Gasteiger partial charge in [-0.25, -0.2) is 9.97 Å². The quantitative estimate of drug-likeness (QED) is 0.837. The Balaban J connectivity index is 0.00000243. The van der Waals surface area contributed by atoms with Crippen LogP contribution in [-0.2, 0) is 13.0 Å². The second-order valence-electron chi connectivity index (χ2n) is 6.38. The van der Waals surface area contributed by atoms with Crippen LogP contribution in [0, 0.1) is 0 Å². The number of hydrogen-bond donors (Lipinski definition) is 2. The maximum absolute atomic E-state index is 12.5. The number of nitrogens with zero attached hydrogens (tertiary/aromatic N) is 3. The molecule has 1 aliphatic rings. The normalized spacial score (nSPS) is 16.7. The summed E-state index contributed by atoms with van der Waals surface area (Å²) in [6.07, 6.45) is 4.52. The summed E-state index contributed by atoms with van der Waals surface area (Å²) in [5, 5.41) is 3.15. The van der Waals surface area contributed by atoms with Gasteiger partial charge < -0.3 is 16.0 Å². The predicted octanol–water partition coefficient (Wildman–Crippen LogP) is 2.32. The third kappa shape index (κ3) is 4.93. The molecule has 1 aromatic carbocycles. The average molecular weight is 376 g/mol. The van der Waals surface area contributed by atoms with Crippen LogP contribution in [-0.4, -0.2) is 35.0 Å². The van der Waals surface area contributed by atoms with E-state index in [1.165, 1.54) is 0 Å². The lowest BCUT2D eigenvalue weighted by Gasteiger charge is -2.34. The molecular formula is C19H26ClN5O. The van der Waals surface area contributed by atoms with Gasteiger partial charge in [-0.2, -0.15) is 0 Å². The Kier molecular flexibility index (Phi) is 7.36.